The predicted molar refractivity (Wildman–Crippen MR) is 117 cm³/mol. The van der Waals surface area contributed by atoms with Gasteiger partial charge in [0.05, 0.1) is 27.8 Å². The van der Waals surface area contributed by atoms with E-state index in [2.05, 4.69) is 26.1 Å². The average molecular weight is 399 g/mol. The number of Topliss-reactive ketones (excluding diaryl/α,β-unsaturated/α-hetero) is 1. The molecule has 1 amide bonds. The van der Waals surface area contributed by atoms with Crippen LogP contribution in [0.2, 0.25) is 0 Å². The summed E-state index contributed by atoms with van der Waals surface area (Å²) in [4.78, 5) is 35.6. The molecule has 2 aliphatic carbocycles. The number of fused-ring (bicyclic) bond motifs is 6. The fourth-order valence-electron chi connectivity index (χ4n) is 5.60. The summed E-state index contributed by atoms with van der Waals surface area (Å²) in [5, 5.41) is 3.10. The number of hydrogen-bond donors (Lipinski definition) is 1. The zero-order valence-electron chi connectivity index (χ0n) is 17.7. The second kappa shape index (κ2) is 5.97. The quantitative estimate of drug-likeness (QED) is 0.642. The van der Waals surface area contributed by atoms with Crippen molar-refractivity contribution in [1.29, 1.82) is 0 Å². The Morgan fingerprint density at radius 3 is 2.23 bits per heavy atom. The van der Waals surface area contributed by atoms with Crippen molar-refractivity contribution >= 4 is 28.4 Å². The molecule has 0 aliphatic heterocycles. The molecule has 0 spiro atoms. The summed E-state index contributed by atoms with van der Waals surface area (Å²) in [5.74, 6) is -0.0955. The average Bonchev–Trinajstić information content (AvgIpc) is 3.02. The minimum absolute atomic E-state index is 0.0263. The summed E-state index contributed by atoms with van der Waals surface area (Å²) in [7, 11) is 0. The van der Waals surface area contributed by atoms with Crippen molar-refractivity contribution in [2.24, 2.45) is 5.41 Å². The van der Waals surface area contributed by atoms with Crippen LogP contribution in [-0.2, 0) is 15.6 Å². The van der Waals surface area contributed by atoms with Gasteiger partial charge in [-0.2, -0.15) is 0 Å². The normalized spacial score (nSPS) is 25.9. The van der Waals surface area contributed by atoms with Crippen LogP contribution < -0.4 is 5.32 Å². The number of amides is 1. The molecule has 3 aromatic rings. The van der Waals surface area contributed by atoms with Gasteiger partial charge >= 0.3 is 0 Å². The number of anilines is 1. The fraction of sp³-hybridized carbons (Fsp3) is 0.360. The van der Waals surface area contributed by atoms with Crippen LogP contribution in [0.15, 0.2) is 48.5 Å². The van der Waals surface area contributed by atoms with Gasteiger partial charge in [-0.15, -0.1) is 0 Å². The van der Waals surface area contributed by atoms with Crippen LogP contribution in [0, 0.1) is 5.41 Å². The molecule has 2 atom stereocenters. The van der Waals surface area contributed by atoms with Gasteiger partial charge in [0.15, 0.2) is 5.78 Å². The number of benzene rings is 2. The van der Waals surface area contributed by atoms with E-state index >= 15 is 0 Å². The second-order valence-corrected chi connectivity index (χ2v) is 9.36. The Hall–Kier alpha value is -3.08. The molecule has 0 radical (unpaired) electrons. The summed E-state index contributed by atoms with van der Waals surface area (Å²) in [5.41, 5.74) is 3.32. The molecule has 5 nitrogen and oxygen atoms in total. The monoisotopic (exact) mass is 399 g/mol. The smallest absolute Gasteiger partial charge is 0.237 e. The second-order valence-electron chi connectivity index (χ2n) is 9.36. The van der Waals surface area contributed by atoms with E-state index in [0.29, 0.717) is 11.3 Å². The van der Waals surface area contributed by atoms with Crippen molar-refractivity contribution in [2.45, 2.75) is 51.4 Å². The minimum Gasteiger partial charge on any atom is -0.325 e. The Morgan fingerprint density at radius 1 is 0.900 bits per heavy atom. The molecule has 1 N–H and O–H groups in total. The number of hydrogen-bond acceptors (Lipinski definition) is 4. The lowest BCUT2D eigenvalue weighted by atomic mass is 9.63. The van der Waals surface area contributed by atoms with Gasteiger partial charge in [-0.1, -0.05) is 45.0 Å². The highest BCUT2D eigenvalue weighted by molar-refractivity contribution is 6.03. The van der Waals surface area contributed by atoms with Crippen LogP contribution in [-0.4, -0.2) is 21.7 Å². The number of carbonyl (C=O) groups is 2. The van der Waals surface area contributed by atoms with Crippen molar-refractivity contribution in [1.82, 2.24) is 9.97 Å². The first kappa shape index (κ1) is 18.9. The van der Waals surface area contributed by atoms with E-state index in [1.807, 2.05) is 30.3 Å². The maximum absolute atomic E-state index is 13.9. The van der Waals surface area contributed by atoms with Gasteiger partial charge in [-0.3, -0.25) is 9.59 Å². The summed E-state index contributed by atoms with van der Waals surface area (Å²) >= 11 is 0. The van der Waals surface area contributed by atoms with Crippen molar-refractivity contribution < 1.29 is 9.59 Å². The van der Waals surface area contributed by atoms with Gasteiger partial charge in [0, 0.05) is 16.7 Å². The van der Waals surface area contributed by atoms with E-state index in [0.717, 1.165) is 35.3 Å². The van der Waals surface area contributed by atoms with Crippen LogP contribution in [0.5, 0.6) is 0 Å². The van der Waals surface area contributed by atoms with Crippen molar-refractivity contribution in [3.63, 3.8) is 0 Å². The Morgan fingerprint density at radius 2 is 1.57 bits per heavy atom. The number of nitrogens with one attached hydrogen (secondary N) is 1. The third kappa shape index (κ3) is 2.18. The van der Waals surface area contributed by atoms with E-state index in [1.165, 1.54) is 6.92 Å². The van der Waals surface area contributed by atoms with Crippen LogP contribution in [0.1, 0.15) is 62.3 Å². The Labute approximate surface area is 175 Å². The van der Waals surface area contributed by atoms with Gasteiger partial charge in [0.1, 0.15) is 0 Å². The molecule has 1 fully saturated rings. The molecule has 0 saturated heterocycles. The molecule has 2 aromatic carbocycles. The predicted octanol–water partition coefficient (Wildman–Crippen LogP) is 4.80. The Kier molecular flexibility index (Phi) is 3.77. The van der Waals surface area contributed by atoms with Gasteiger partial charge in [0.25, 0.3) is 0 Å². The van der Waals surface area contributed by atoms with E-state index in [1.54, 1.807) is 18.2 Å². The van der Waals surface area contributed by atoms with E-state index < -0.39 is 5.41 Å². The zero-order chi connectivity index (χ0) is 21.3. The first-order valence-electron chi connectivity index (χ1n) is 10.4. The minimum atomic E-state index is -0.764. The van der Waals surface area contributed by atoms with E-state index in [9.17, 15) is 9.59 Å². The Bertz CT molecular complexity index is 1230. The first-order chi connectivity index (χ1) is 14.2. The lowest BCUT2D eigenvalue weighted by molar-refractivity contribution is -0.125. The number of para-hydroxylation sites is 2. The highest BCUT2D eigenvalue weighted by Crippen LogP contribution is 2.70. The molecule has 1 saturated carbocycles. The summed E-state index contributed by atoms with van der Waals surface area (Å²) in [6.45, 7) is 8.08. The molecule has 5 rings (SSSR count). The molecular weight excluding hydrogens is 374 g/mol. The number of carbonyl (C=O) groups excluding carboxylic acids is 2. The number of nitrogens with zero attached hydrogens (tertiary/aromatic N) is 2. The molecule has 30 heavy (non-hydrogen) atoms. The van der Waals surface area contributed by atoms with Crippen LogP contribution >= 0.6 is 0 Å². The molecule has 152 valence electrons. The standard InChI is InChI=1S/C25H25N3O2/c1-15(29)16-8-7-9-17(14-16)26-22(30)25-13-12-24(4,23(25,2)3)20-21(25)28-19-11-6-5-10-18(19)27-20/h5-11,14H,12-13H2,1-4H3,(H,26,30)/t24-,25+/m0/s1. The van der Waals surface area contributed by atoms with E-state index in [4.69, 9.17) is 9.97 Å². The molecule has 1 aromatic heterocycles. The van der Waals surface area contributed by atoms with Crippen LogP contribution in [0.25, 0.3) is 11.0 Å². The van der Waals surface area contributed by atoms with Crippen molar-refractivity contribution in [3.8, 4) is 0 Å². The molecular formula is C25H25N3O2. The number of aromatic nitrogens is 2. The number of rotatable bonds is 3. The Balaban J connectivity index is 1.66. The van der Waals surface area contributed by atoms with Gasteiger partial charge in [-0.05, 0) is 49.4 Å². The van der Waals surface area contributed by atoms with Gasteiger partial charge in [0.2, 0.25) is 5.91 Å². The molecule has 2 bridgehead atoms. The van der Waals surface area contributed by atoms with Gasteiger partial charge in [-0.25, -0.2) is 9.97 Å². The maximum Gasteiger partial charge on any atom is 0.237 e. The number of ketones is 1. The van der Waals surface area contributed by atoms with Gasteiger partial charge < -0.3 is 5.32 Å². The molecule has 1 heterocycles. The SMILES string of the molecule is CC(=O)c1cccc(NC(=O)[C@@]23CC[C@@](C)(c4nc5ccccc5nc42)C3(C)C)c1. The highest BCUT2D eigenvalue weighted by Gasteiger charge is 2.73. The van der Waals surface area contributed by atoms with Crippen molar-refractivity contribution in [3.05, 3.63) is 65.5 Å². The van der Waals surface area contributed by atoms with Crippen LogP contribution in [0.3, 0.4) is 0 Å². The summed E-state index contributed by atoms with van der Waals surface area (Å²) < 4.78 is 0. The lowest BCUT2D eigenvalue weighted by Gasteiger charge is -2.39. The summed E-state index contributed by atoms with van der Waals surface area (Å²) in [6.07, 6.45) is 1.62. The first-order valence-corrected chi connectivity index (χ1v) is 10.4. The highest BCUT2D eigenvalue weighted by atomic mass is 16.2. The molecule has 0 unspecified atom stereocenters. The summed E-state index contributed by atoms with van der Waals surface area (Å²) in [6, 6.07) is 15.0. The molecule has 5 heteroatoms. The lowest BCUT2D eigenvalue weighted by Crippen LogP contribution is -2.48. The molecule has 2 aliphatic rings. The van der Waals surface area contributed by atoms with E-state index in [-0.39, 0.29) is 22.5 Å². The topological polar surface area (TPSA) is 72.0 Å². The maximum atomic E-state index is 13.9. The largest absolute Gasteiger partial charge is 0.325 e. The van der Waals surface area contributed by atoms with Crippen LogP contribution in [0.4, 0.5) is 5.69 Å². The third-order valence-corrected chi connectivity index (χ3v) is 7.86. The van der Waals surface area contributed by atoms with Crippen molar-refractivity contribution in [2.75, 3.05) is 5.32 Å². The zero-order valence-corrected chi connectivity index (χ0v) is 17.7. The third-order valence-electron chi connectivity index (χ3n) is 7.86. The fourth-order valence-corrected chi connectivity index (χ4v) is 5.60.